The van der Waals surface area contributed by atoms with Crippen LogP contribution in [-0.4, -0.2) is 21.2 Å². The molecule has 2 aromatic carbocycles. The summed E-state index contributed by atoms with van der Waals surface area (Å²) in [6, 6.07) is 14.0. The second-order valence-electron chi connectivity index (χ2n) is 7.72. The van der Waals surface area contributed by atoms with Crippen molar-refractivity contribution in [3.63, 3.8) is 0 Å². The normalized spacial score (nSPS) is 11.3. The number of aromatic nitrogens is 2. The molecule has 0 bridgehead atoms. The van der Waals surface area contributed by atoms with E-state index in [4.69, 9.17) is 0 Å². The molecule has 0 atom stereocenters. The van der Waals surface area contributed by atoms with Crippen LogP contribution in [0.25, 0.3) is 15.9 Å². The van der Waals surface area contributed by atoms with Crippen LogP contribution in [0.2, 0.25) is 0 Å². The Labute approximate surface area is 193 Å². The molecule has 0 unspecified atom stereocenters. The zero-order chi connectivity index (χ0) is 22.8. The van der Waals surface area contributed by atoms with E-state index in [0.29, 0.717) is 38.2 Å². The lowest BCUT2D eigenvalue weighted by molar-refractivity contribution is -0.113. The van der Waals surface area contributed by atoms with Crippen molar-refractivity contribution in [2.24, 2.45) is 0 Å². The van der Waals surface area contributed by atoms with Crippen LogP contribution in [0.1, 0.15) is 30.9 Å². The molecule has 4 rings (SSSR count). The molecular formula is C24H22FN3O2S2. The first kappa shape index (κ1) is 22.2. The van der Waals surface area contributed by atoms with Crippen LogP contribution in [0.3, 0.4) is 0 Å². The van der Waals surface area contributed by atoms with Crippen molar-refractivity contribution in [3.05, 3.63) is 81.2 Å². The maximum absolute atomic E-state index is 13.8. The van der Waals surface area contributed by atoms with Crippen LogP contribution in [0, 0.1) is 12.7 Å². The maximum atomic E-state index is 13.8. The highest BCUT2D eigenvalue weighted by Crippen LogP contribution is 2.25. The van der Waals surface area contributed by atoms with E-state index in [9.17, 15) is 14.0 Å². The number of thiophene rings is 1. The number of halogens is 1. The summed E-state index contributed by atoms with van der Waals surface area (Å²) in [7, 11) is 0. The Morgan fingerprint density at radius 2 is 1.94 bits per heavy atom. The van der Waals surface area contributed by atoms with E-state index in [1.54, 1.807) is 30.5 Å². The van der Waals surface area contributed by atoms with Crippen molar-refractivity contribution < 1.29 is 9.18 Å². The Hall–Kier alpha value is -2.97. The molecule has 2 heterocycles. The van der Waals surface area contributed by atoms with Crippen LogP contribution in [0.5, 0.6) is 0 Å². The zero-order valence-corrected chi connectivity index (χ0v) is 19.5. The number of hydrogen-bond acceptors (Lipinski definition) is 5. The van der Waals surface area contributed by atoms with E-state index in [1.165, 1.54) is 39.3 Å². The molecule has 164 valence electrons. The maximum Gasteiger partial charge on any atom is 0.276 e. The number of rotatable bonds is 6. The summed E-state index contributed by atoms with van der Waals surface area (Å²) in [4.78, 5) is 30.3. The minimum absolute atomic E-state index is 0.0776. The minimum Gasteiger partial charge on any atom is -0.325 e. The summed E-state index contributed by atoms with van der Waals surface area (Å²) < 4.78 is 15.8. The van der Waals surface area contributed by atoms with Gasteiger partial charge in [-0.3, -0.25) is 14.2 Å². The van der Waals surface area contributed by atoms with Crippen LogP contribution in [0.15, 0.2) is 63.9 Å². The van der Waals surface area contributed by atoms with Gasteiger partial charge in [0.2, 0.25) is 5.91 Å². The van der Waals surface area contributed by atoms with Gasteiger partial charge in [0.1, 0.15) is 10.5 Å². The Balaban J connectivity index is 1.60. The van der Waals surface area contributed by atoms with Crippen LogP contribution >= 0.6 is 23.1 Å². The van der Waals surface area contributed by atoms with Gasteiger partial charge in [0.15, 0.2) is 5.16 Å². The summed E-state index contributed by atoms with van der Waals surface area (Å²) in [5.74, 6) is -0.0492. The highest BCUT2D eigenvalue weighted by atomic mass is 32.2. The molecule has 0 aliphatic rings. The number of nitrogens with one attached hydrogen (secondary N) is 1. The quantitative estimate of drug-likeness (QED) is 0.290. The number of carbonyl (C=O) groups is 1. The molecule has 1 amide bonds. The monoisotopic (exact) mass is 467 g/mol. The number of hydrogen-bond donors (Lipinski definition) is 1. The van der Waals surface area contributed by atoms with Crippen molar-refractivity contribution in [1.82, 2.24) is 9.55 Å². The van der Waals surface area contributed by atoms with E-state index < -0.39 is 0 Å². The number of benzene rings is 2. The number of amides is 1. The average molecular weight is 468 g/mol. The molecule has 0 radical (unpaired) electrons. The third-order valence-electron chi connectivity index (χ3n) is 5.04. The largest absolute Gasteiger partial charge is 0.325 e. The third kappa shape index (κ3) is 4.61. The molecule has 0 aliphatic carbocycles. The van der Waals surface area contributed by atoms with E-state index in [1.807, 2.05) is 24.3 Å². The first-order valence-corrected chi connectivity index (χ1v) is 12.0. The summed E-state index contributed by atoms with van der Waals surface area (Å²) in [6.07, 6.45) is 0. The number of fused-ring (bicyclic) bond motifs is 1. The fraction of sp³-hybridized carbons (Fsp3) is 0.208. The lowest BCUT2D eigenvalue weighted by atomic mass is 10.0. The molecule has 4 aromatic rings. The molecule has 0 aliphatic heterocycles. The van der Waals surface area contributed by atoms with Gasteiger partial charge >= 0.3 is 0 Å². The second kappa shape index (κ2) is 9.26. The summed E-state index contributed by atoms with van der Waals surface area (Å²) in [6.45, 7) is 5.87. The first-order chi connectivity index (χ1) is 15.3. The van der Waals surface area contributed by atoms with Crippen LogP contribution < -0.4 is 10.9 Å². The van der Waals surface area contributed by atoms with E-state index >= 15 is 0 Å². The predicted molar refractivity (Wildman–Crippen MR) is 130 cm³/mol. The number of carbonyl (C=O) groups excluding carboxylic acids is 1. The number of thioether (sulfide) groups is 1. The van der Waals surface area contributed by atoms with E-state index in [-0.39, 0.29) is 23.0 Å². The SMILES string of the molecule is Cc1cc(-n2c(SCC(=O)Nc3ccc(C(C)C)cc3)nc3ccsc3c2=O)ccc1F. The molecule has 0 spiro atoms. The molecule has 2 aromatic heterocycles. The van der Waals surface area contributed by atoms with Gasteiger partial charge in [-0.15, -0.1) is 11.3 Å². The van der Waals surface area contributed by atoms with Gasteiger partial charge in [0.25, 0.3) is 5.56 Å². The highest BCUT2D eigenvalue weighted by Gasteiger charge is 2.16. The van der Waals surface area contributed by atoms with Crippen molar-refractivity contribution in [2.45, 2.75) is 31.8 Å². The van der Waals surface area contributed by atoms with Crippen molar-refractivity contribution >= 4 is 44.9 Å². The van der Waals surface area contributed by atoms with E-state index in [2.05, 4.69) is 24.1 Å². The molecule has 5 nitrogen and oxygen atoms in total. The van der Waals surface area contributed by atoms with Crippen molar-refractivity contribution in [3.8, 4) is 5.69 Å². The number of aryl methyl sites for hydroxylation is 1. The highest BCUT2D eigenvalue weighted by molar-refractivity contribution is 7.99. The van der Waals surface area contributed by atoms with Gasteiger partial charge < -0.3 is 5.32 Å². The molecule has 0 saturated heterocycles. The van der Waals surface area contributed by atoms with Crippen LogP contribution in [-0.2, 0) is 4.79 Å². The smallest absolute Gasteiger partial charge is 0.276 e. The Morgan fingerprint density at radius 1 is 1.19 bits per heavy atom. The third-order valence-corrected chi connectivity index (χ3v) is 6.87. The molecular weight excluding hydrogens is 445 g/mol. The average Bonchev–Trinajstić information content (AvgIpc) is 3.24. The number of nitrogens with zero attached hydrogens (tertiary/aromatic N) is 2. The summed E-state index contributed by atoms with van der Waals surface area (Å²) in [5, 5.41) is 5.07. The fourth-order valence-electron chi connectivity index (χ4n) is 3.26. The van der Waals surface area contributed by atoms with Crippen molar-refractivity contribution in [2.75, 3.05) is 11.1 Å². The summed E-state index contributed by atoms with van der Waals surface area (Å²) in [5.41, 5.74) is 3.21. The second-order valence-corrected chi connectivity index (χ2v) is 9.58. The van der Waals surface area contributed by atoms with Crippen LogP contribution in [0.4, 0.5) is 10.1 Å². The van der Waals surface area contributed by atoms with Gasteiger partial charge in [-0.2, -0.15) is 0 Å². The predicted octanol–water partition coefficient (Wildman–Crippen LogP) is 5.75. The lowest BCUT2D eigenvalue weighted by Gasteiger charge is -2.13. The van der Waals surface area contributed by atoms with Gasteiger partial charge in [-0.25, -0.2) is 9.37 Å². The Kier molecular flexibility index (Phi) is 6.43. The molecule has 1 N–H and O–H groups in total. The Morgan fingerprint density at radius 3 is 2.62 bits per heavy atom. The summed E-state index contributed by atoms with van der Waals surface area (Å²) >= 11 is 2.48. The molecule has 0 saturated carbocycles. The zero-order valence-electron chi connectivity index (χ0n) is 17.9. The Bertz CT molecular complexity index is 1340. The number of anilines is 1. The fourth-order valence-corrected chi connectivity index (χ4v) is 4.84. The topological polar surface area (TPSA) is 64.0 Å². The molecule has 32 heavy (non-hydrogen) atoms. The first-order valence-electron chi connectivity index (χ1n) is 10.1. The molecule has 0 fully saturated rings. The van der Waals surface area contributed by atoms with Gasteiger partial charge in [-0.1, -0.05) is 37.7 Å². The van der Waals surface area contributed by atoms with Crippen molar-refractivity contribution in [1.29, 1.82) is 0 Å². The lowest BCUT2D eigenvalue weighted by Crippen LogP contribution is -2.22. The standard InChI is InChI=1S/C24H22FN3O2S2/c1-14(2)16-4-6-17(7-5-16)26-21(29)13-32-24-27-20-10-11-31-22(20)23(30)28(24)18-8-9-19(25)15(3)12-18/h4-12,14H,13H2,1-3H3,(H,26,29). The molecule has 8 heteroatoms. The van der Waals surface area contributed by atoms with Gasteiger partial charge in [0, 0.05) is 5.69 Å². The van der Waals surface area contributed by atoms with Gasteiger partial charge in [0.05, 0.1) is 17.0 Å². The minimum atomic E-state index is -0.343. The van der Waals surface area contributed by atoms with E-state index in [0.717, 1.165) is 0 Å². The van der Waals surface area contributed by atoms with Gasteiger partial charge in [-0.05, 0) is 65.7 Å².